The van der Waals surface area contributed by atoms with Gasteiger partial charge in [0.1, 0.15) is 0 Å². The molecule has 0 unspecified atom stereocenters. The molecule has 0 rings (SSSR count). The number of carbonyl (C=O) groups is 1. The third-order valence-electron chi connectivity index (χ3n) is 0.116. The second-order valence-electron chi connectivity index (χ2n) is 0.332. The number of nitrogens with one attached hydrogen (secondary N) is 1. The third-order valence-corrected chi connectivity index (χ3v) is 0.116. The minimum atomic E-state index is 0. The number of rotatable bonds is 2. The number of carbonyl (C=O) groups excluding carboxylic acids is 1. The Bertz CT molecular complexity index is 32.7. The van der Waals surface area contributed by atoms with Crippen LogP contribution in [0.1, 0.15) is 0 Å². The van der Waals surface area contributed by atoms with Crippen LogP contribution in [0.2, 0.25) is 0 Å². The predicted octanol–water partition coefficient (Wildman–Crippen LogP) is -1.46. The number of hydrazine groups is 1. The van der Waals surface area contributed by atoms with E-state index >= 15 is 0 Å². The van der Waals surface area contributed by atoms with Gasteiger partial charge in [0, 0.05) is 19.5 Å². The Hall–Kier alpha value is 0.0134. The molecule has 0 saturated carbocycles. The first-order valence-electron chi connectivity index (χ1n) is 0.964. The van der Waals surface area contributed by atoms with Gasteiger partial charge in [0.05, 0.1) is 0 Å². The van der Waals surface area contributed by atoms with Gasteiger partial charge in [0.25, 0.3) is 0 Å². The first kappa shape index (κ1) is 9.38. The number of hydrogen-bond donors (Lipinski definition) is 2. The van der Waals surface area contributed by atoms with Crippen molar-refractivity contribution in [3.63, 3.8) is 0 Å². The third kappa shape index (κ3) is 8.99. The minimum Gasteiger partial charge on any atom is -0.359 e. The molecule has 0 aromatic carbocycles. The first-order chi connectivity index (χ1) is 2.41. The zero-order valence-electron chi connectivity index (χ0n) is 3.18. The molecule has 0 fully saturated rings. The molecule has 5 heteroatoms. The summed E-state index contributed by atoms with van der Waals surface area (Å²) in [6.07, 6.45) is 0. The quantitative estimate of drug-likeness (QED) is 0.213. The summed E-state index contributed by atoms with van der Waals surface area (Å²) in [5, 5.41) is 0. The molecule has 0 aliphatic heterocycles. The largest absolute Gasteiger partial charge is 0.359 e. The van der Waals surface area contributed by atoms with Gasteiger partial charge in [-0.2, -0.15) is 0 Å². The van der Waals surface area contributed by atoms with E-state index in [0.29, 0.717) is 0 Å². The van der Waals surface area contributed by atoms with Crippen molar-refractivity contribution < 1.29 is 29.1 Å². The van der Waals surface area contributed by atoms with Gasteiger partial charge in [0.15, 0.2) is 0 Å². The van der Waals surface area contributed by atoms with Crippen LogP contribution in [0.15, 0.2) is 0 Å². The molecule has 4 nitrogen and oxygen atoms in total. The first-order valence-corrected chi connectivity index (χ1v) is 0.964. The molecule has 0 radical (unpaired) electrons. The Labute approximate surface area is 47.7 Å². The Kier molecular flexibility index (Phi) is 13.9. The van der Waals surface area contributed by atoms with Gasteiger partial charge < -0.3 is 4.84 Å². The molecule has 3 N–H and O–H groups in total. The van der Waals surface area contributed by atoms with E-state index in [0.717, 1.165) is 0 Å². The van der Waals surface area contributed by atoms with Crippen LogP contribution < -0.4 is 11.4 Å². The summed E-state index contributed by atoms with van der Waals surface area (Å²) in [4.78, 5) is 12.7. The van der Waals surface area contributed by atoms with Gasteiger partial charge in [-0.15, -0.1) is 0 Å². The van der Waals surface area contributed by atoms with Gasteiger partial charge >= 0.3 is 6.47 Å². The maximum absolute atomic E-state index is 9.04. The van der Waals surface area contributed by atoms with Crippen LogP contribution in [0, 0.1) is 0 Å². The monoisotopic (exact) mass is 140 g/mol. The second-order valence-corrected chi connectivity index (χ2v) is 0.332. The SMILES string of the molecule is NNOC=O.[Zn]. The molecule has 0 spiro atoms. The number of hydrogen-bond acceptors (Lipinski definition) is 4. The van der Waals surface area contributed by atoms with Crippen LogP contribution >= 0.6 is 0 Å². The molecular weight excluding hydrogens is 137 g/mol. The molecule has 0 heterocycles. The summed E-state index contributed by atoms with van der Waals surface area (Å²) in [5.41, 5.74) is 1.65. The average Bonchev–Trinajstić information content (AvgIpc) is 1.41. The topological polar surface area (TPSA) is 64.3 Å². The summed E-state index contributed by atoms with van der Waals surface area (Å²) in [7, 11) is 0. The zero-order chi connectivity index (χ0) is 4.12. The molecule has 0 atom stereocenters. The average molecular weight is 141 g/mol. The summed E-state index contributed by atoms with van der Waals surface area (Å²) >= 11 is 0. The van der Waals surface area contributed by atoms with E-state index < -0.39 is 0 Å². The molecule has 0 aromatic heterocycles. The molecule has 0 aliphatic rings. The maximum Gasteiger partial charge on any atom is 0.314 e. The van der Waals surface area contributed by atoms with Gasteiger partial charge in [-0.25, -0.2) is 5.84 Å². The molecule has 0 bridgehead atoms. The summed E-state index contributed by atoms with van der Waals surface area (Å²) in [6, 6.07) is 0. The zero-order valence-corrected chi connectivity index (χ0v) is 6.15. The predicted molar refractivity (Wildman–Crippen MR) is 14.5 cm³/mol. The second kappa shape index (κ2) is 8.89. The van der Waals surface area contributed by atoms with Crippen molar-refractivity contribution in [3.8, 4) is 0 Å². The summed E-state index contributed by atoms with van der Waals surface area (Å²) in [6.45, 7) is 0.194. The standard InChI is InChI=1S/CH4N2O2.Zn/c2-3-5-1-4;/h1,3H,2H2;. The van der Waals surface area contributed by atoms with Crippen LogP contribution in [-0.4, -0.2) is 6.47 Å². The Morgan fingerprint density at radius 2 is 2.33 bits per heavy atom. The van der Waals surface area contributed by atoms with E-state index in [1.807, 2.05) is 0 Å². The van der Waals surface area contributed by atoms with E-state index in [-0.39, 0.29) is 26.0 Å². The molecular formula is CH4N2O2Zn. The molecule has 0 amide bonds. The van der Waals surface area contributed by atoms with Gasteiger partial charge in [-0.05, 0) is 0 Å². The van der Waals surface area contributed by atoms with Crippen LogP contribution in [0.4, 0.5) is 0 Å². The minimum absolute atomic E-state index is 0. The number of nitrogens with two attached hydrogens (primary N) is 1. The molecule has 0 saturated heterocycles. The van der Waals surface area contributed by atoms with Crippen molar-refractivity contribution in [2.75, 3.05) is 0 Å². The van der Waals surface area contributed by atoms with Crippen LogP contribution in [-0.2, 0) is 29.1 Å². The van der Waals surface area contributed by atoms with E-state index in [4.69, 9.17) is 4.79 Å². The molecule has 32 valence electrons. The van der Waals surface area contributed by atoms with Crippen molar-refractivity contribution in [1.29, 1.82) is 0 Å². The van der Waals surface area contributed by atoms with E-state index in [1.165, 1.54) is 0 Å². The van der Waals surface area contributed by atoms with Crippen LogP contribution in [0.25, 0.3) is 0 Å². The van der Waals surface area contributed by atoms with Crippen molar-refractivity contribution in [2.24, 2.45) is 5.84 Å². The fraction of sp³-hybridized carbons (Fsp3) is 0. The van der Waals surface area contributed by atoms with Crippen molar-refractivity contribution >= 4 is 6.47 Å². The van der Waals surface area contributed by atoms with E-state index in [1.54, 1.807) is 5.59 Å². The maximum atomic E-state index is 9.04. The van der Waals surface area contributed by atoms with Crippen molar-refractivity contribution in [1.82, 2.24) is 5.59 Å². The fourth-order valence-electron chi connectivity index (χ4n) is 0.0278. The van der Waals surface area contributed by atoms with Gasteiger partial charge in [0.2, 0.25) is 0 Å². The molecule has 6 heavy (non-hydrogen) atoms. The van der Waals surface area contributed by atoms with Crippen LogP contribution in [0.3, 0.4) is 0 Å². The Balaban J connectivity index is 0. The van der Waals surface area contributed by atoms with Crippen LogP contribution in [0.5, 0.6) is 0 Å². The fourth-order valence-corrected chi connectivity index (χ4v) is 0.0278. The van der Waals surface area contributed by atoms with E-state index in [9.17, 15) is 0 Å². The van der Waals surface area contributed by atoms with Crippen molar-refractivity contribution in [2.45, 2.75) is 0 Å². The van der Waals surface area contributed by atoms with Gasteiger partial charge in [-0.1, -0.05) is 5.59 Å². The van der Waals surface area contributed by atoms with E-state index in [2.05, 4.69) is 10.7 Å². The summed E-state index contributed by atoms with van der Waals surface area (Å²) < 4.78 is 0. The summed E-state index contributed by atoms with van der Waals surface area (Å²) in [5.74, 6) is 4.44. The smallest absolute Gasteiger partial charge is 0.314 e. The molecule has 0 aliphatic carbocycles. The van der Waals surface area contributed by atoms with Gasteiger partial charge in [-0.3, -0.25) is 4.79 Å². The Morgan fingerprint density at radius 1 is 1.83 bits per heavy atom. The van der Waals surface area contributed by atoms with Crippen molar-refractivity contribution in [3.05, 3.63) is 0 Å². The normalized spacial score (nSPS) is 5.50. The Morgan fingerprint density at radius 3 is 2.33 bits per heavy atom. The molecule has 0 aromatic rings.